The minimum atomic E-state index is -0.725. The molecule has 0 saturated carbocycles. The van der Waals surface area contributed by atoms with Crippen LogP contribution < -0.4 is 5.73 Å². The van der Waals surface area contributed by atoms with Crippen LogP contribution in [0.5, 0.6) is 0 Å². The zero-order valence-electron chi connectivity index (χ0n) is 5.22. The fraction of sp³-hybridized carbons (Fsp3) is 0.500. The van der Waals surface area contributed by atoms with E-state index in [1.54, 1.807) is 6.92 Å². The van der Waals surface area contributed by atoms with Crippen LogP contribution in [-0.2, 0) is 4.79 Å². The van der Waals surface area contributed by atoms with Crippen molar-refractivity contribution in [3.63, 3.8) is 0 Å². The summed E-state index contributed by atoms with van der Waals surface area (Å²) in [4.78, 5) is 9.96. The summed E-state index contributed by atoms with van der Waals surface area (Å²) in [5.74, 6) is 3.59. The molecule has 1 amide bonds. The number of amides is 1. The van der Waals surface area contributed by atoms with Crippen LogP contribution in [-0.4, -0.2) is 17.1 Å². The standard InChI is InChI=1S/C6H9NO2/c1-2-5(8)3-4-6(7)9/h5,8H,2H2,1H3,(H2,7,9). The second-order valence-electron chi connectivity index (χ2n) is 1.56. The number of hydrogen-bond acceptors (Lipinski definition) is 2. The zero-order valence-corrected chi connectivity index (χ0v) is 5.22. The molecule has 0 aromatic rings. The second-order valence-corrected chi connectivity index (χ2v) is 1.56. The zero-order chi connectivity index (χ0) is 7.28. The van der Waals surface area contributed by atoms with Gasteiger partial charge in [-0.2, -0.15) is 0 Å². The molecule has 0 bridgehead atoms. The summed E-state index contributed by atoms with van der Waals surface area (Å²) in [6.45, 7) is 1.76. The van der Waals surface area contributed by atoms with Gasteiger partial charge in [-0.15, -0.1) is 0 Å². The monoisotopic (exact) mass is 127 g/mol. The van der Waals surface area contributed by atoms with Gasteiger partial charge in [-0.25, -0.2) is 0 Å². The maximum atomic E-state index is 9.96. The van der Waals surface area contributed by atoms with Crippen molar-refractivity contribution in [2.24, 2.45) is 5.73 Å². The highest BCUT2D eigenvalue weighted by molar-refractivity contribution is 5.91. The van der Waals surface area contributed by atoms with Gasteiger partial charge in [-0.3, -0.25) is 4.79 Å². The van der Waals surface area contributed by atoms with E-state index in [0.29, 0.717) is 6.42 Å². The van der Waals surface area contributed by atoms with Crippen LogP contribution in [0.15, 0.2) is 0 Å². The number of primary amides is 1. The Labute approximate surface area is 53.9 Å². The van der Waals surface area contributed by atoms with E-state index in [9.17, 15) is 4.79 Å². The number of carbonyl (C=O) groups is 1. The highest BCUT2D eigenvalue weighted by Gasteiger charge is 1.91. The Bertz CT molecular complexity index is 154. The summed E-state index contributed by atoms with van der Waals surface area (Å²) in [7, 11) is 0. The molecule has 0 aliphatic heterocycles. The Morgan fingerprint density at radius 2 is 2.44 bits per heavy atom. The molecule has 3 nitrogen and oxygen atoms in total. The number of aliphatic hydroxyl groups is 1. The fourth-order valence-electron chi connectivity index (χ4n) is 0.256. The highest BCUT2D eigenvalue weighted by Crippen LogP contribution is 1.83. The number of nitrogens with two attached hydrogens (primary N) is 1. The summed E-state index contributed by atoms with van der Waals surface area (Å²) in [5.41, 5.74) is 4.67. The molecular formula is C6H9NO2. The Balaban J connectivity index is 3.72. The van der Waals surface area contributed by atoms with Gasteiger partial charge in [-0.05, 0) is 12.3 Å². The number of rotatable bonds is 1. The molecule has 1 unspecified atom stereocenters. The first-order chi connectivity index (χ1) is 4.16. The molecule has 1 atom stereocenters. The first-order valence-corrected chi connectivity index (χ1v) is 2.66. The number of carbonyl (C=O) groups excluding carboxylic acids is 1. The maximum absolute atomic E-state index is 9.96. The van der Waals surface area contributed by atoms with Crippen LogP contribution >= 0.6 is 0 Å². The predicted molar refractivity (Wildman–Crippen MR) is 33.3 cm³/mol. The molecular weight excluding hydrogens is 118 g/mol. The quantitative estimate of drug-likeness (QED) is 0.455. The lowest BCUT2D eigenvalue weighted by atomic mass is 10.3. The summed E-state index contributed by atoms with van der Waals surface area (Å²) in [6.07, 6.45) is -0.210. The molecule has 0 aromatic heterocycles. The van der Waals surface area contributed by atoms with Crippen molar-refractivity contribution in [1.82, 2.24) is 0 Å². The molecule has 0 heterocycles. The third-order valence-corrected chi connectivity index (χ3v) is 0.749. The molecule has 0 radical (unpaired) electrons. The van der Waals surface area contributed by atoms with Gasteiger partial charge in [0.05, 0.1) is 0 Å². The van der Waals surface area contributed by atoms with Crippen LogP contribution in [0.2, 0.25) is 0 Å². The van der Waals surface area contributed by atoms with Crippen molar-refractivity contribution in [3.05, 3.63) is 0 Å². The molecule has 0 aliphatic rings. The van der Waals surface area contributed by atoms with Gasteiger partial charge in [0.1, 0.15) is 6.10 Å². The highest BCUT2D eigenvalue weighted by atomic mass is 16.3. The number of aliphatic hydroxyl groups excluding tert-OH is 1. The smallest absolute Gasteiger partial charge is 0.293 e. The minimum Gasteiger partial charge on any atom is -0.380 e. The van der Waals surface area contributed by atoms with Gasteiger partial charge in [0.15, 0.2) is 0 Å². The van der Waals surface area contributed by atoms with Gasteiger partial charge >= 0.3 is 0 Å². The Hall–Kier alpha value is -1.01. The molecule has 0 aliphatic carbocycles. The van der Waals surface area contributed by atoms with Crippen LogP contribution in [0, 0.1) is 11.8 Å². The van der Waals surface area contributed by atoms with Gasteiger partial charge in [0.2, 0.25) is 0 Å². The molecule has 0 aromatic carbocycles. The van der Waals surface area contributed by atoms with E-state index >= 15 is 0 Å². The lowest BCUT2D eigenvalue weighted by molar-refractivity contribution is -0.112. The van der Waals surface area contributed by atoms with Crippen molar-refractivity contribution in [2.45, 2.75) is 19.4 Å². The average molecular weight is 127 g/mol. The van der Waals surface area contributed by atoms with Gasteiger partial charge in [-0.1, -0.05) is 12.8 Å². The SMILES string of the molecule is CCC(O)C#CC(N)=O. The minimum absolute atomic E-state index is 0.514. The summed E-state index contributed by atoms with van der Waals surface area (Å²) in [6, 6.07) is 0. The van der Waals surface area contributed by atoms with Crippen LogP contribution in [0.4, 0.5) is 0 Å². The molecule has 3 N–H and O–H groups in total. The van der Waals surface area contributed by atoms with Crippen molar-refractivity contribution in [1.29, 1.82) is 0 Å². The maximum Gasteiger partial charge on any atom is 0.293 e. The van der Waals surface area contributed by atoms with Crippen LogP contribution in [0.3, 0.4) is 0 Å². The molecule has 0 spiro atoms. The predicted octanol–water partition coefficient (Wildman–Crippen LogP) is -0.754. The molecule has 0 saturated heterocycles. The molecule has 50 valence electrons. The molecule has 0 fully saturated rings. The fourth-order valence-corrected chi connectivity index (χ4v) is 0.256. The normalized spacial score (nSPS) is 11.3. The van der Waals surface area contributed by atoms with Crippen molar-refractivity contribution in [2.75, 3.05) is 0 Å². The van der Waals surface area contributed by atoms with Crippen molar-refractivity contribution in [3.8, 4) is 11.8 Å². The molecule has 9 heavy (non-hydrogen) atoms. The van der Waals surface area contributed by atoms with E-state index < -0.39 is 12.0 Å². The Kier molecular flexibility index (Phi) is 3.49. The van der Waals surface area contributed by atoms with E-state index in [2.05, 4.69) is 11.7 Å². The van der Waals surface area contributed by atoms with Crippen molar-refractivity contribution >= 4 is 5.91 Å². The molecule has 3 heteroatoms. The topological polar surface area (TPSA) is 63.3 Å². The first-order valence-electron chi connectivity index (χ1n) is 2.66. The van der Waals surface area contributed by atoms with Crippen LogP contribution in [0.25, 0.3) is 0 Å². The summed E-state index contributed by atoms with van der Waals surface area (Å²) in [5, 5.41) is 8.73. The lowest BCUT2D eigenvalue weighted by Crippen LogP contribution is -2.08. The largest absolute Gasteiger partial charge is 0.380 e. The summed E-state index contributed by atoms with van der Waals surface area (Å²) < 4.78 is 0. The van der Waals surface area contributed by atoms with Crippen LogP contribution in [0.1, 0.15) is 13.3 Å². The van der Waals surface area contributed by atoms with E-state index in [4.69, 9.17) is 5.11 Å². The average Bonchev–Trinajstić information content (AvgIpc) is 1.83. The lowest BCUT2D eigenvalue weighted by Gasteiger charge is -1.91. The van der Waals surface area contributed by atoms with Gasteiger partial charge in [0, 0.05) is 0 Å². The Morgan fingerprint density at radius 1 is 1.89 bits per heavy atom. The van der Waals surface area contributed by atoms with Gasteiger partial charge in [0.25, 0.3) is 5.91 Å². The third kappa shape index (κ3) is 4.85. The van der Waals surface area contributed by atoms with E-state index in [-0.39, 0.29) is 0 Å². The van der Waals surface area contributed by atoms with Crippen molar-refractivity contribution < 1.29 is 9.90 Å². The van der Waals surface area contributed by atoms with E-state index in [1.165, 1.54) is 0 Å². The third-order valence-electron chi connectivity index (χ3n) is 0.749. The second kappa shape index (κ2) is 3.93. The summed E-state index contributed by atoms with van der Waals surface area (Å²) >= 11 is 0. The van der Waals surface area contributed by atoms with Gasteiger partial charge < -0.3 is 10.8 Å². The number of hydrogen-bond donors (Lipinski definition) is 2. The first kappa shape index (κ1) is 7.99. The van der Waals surface area contributed by atoms with E-state index in [0.717, 1.165) is 0 Å². The molecule has 0 rings (SSSR count). The van der Waals surface area contributed by atoms with E-state index in [1.807, 2.05) is 5.92 Å². The Morgan fingerprint density at radius 3 is 2.78 bits per heavy atom.